The molecular formula is C15H22FN5O. The topological polar surface area (TPSA) is 67.1 Å². The van der Waals surface area contributed by atoms with Gasteiger partial charge in [0, 0.05) is 6.54 Å². The number of halogens is 1. The van der Waals surface area contributed by atoms with E-state index in [0.29, 0.717) is 18.7 Å². The van der Waals surface area contributed by atoms with Crippen LogP contribution in [0.4, 0.5) is 10.2 Å². The first kappa shape index (κ1) is 15.1. The molecule has 3 rings (SSSR count). The lowest BCUT2D eigenvalue weighted by molar-refractivity contribution is 0.0566. The highest BCUT2D eigenvalue weighted by molar-refractivity contribution is 5.86. The van der Waals surface area contributed by atoms with Gasteiger partial charge in [0.25, 0.3) is 0 Å². The number of aliphatic hydroxyl groups excluding tert-OH is 1. The van der Waals surface area contributed by atoms with Gasteiger partial charge in [0.05, 0.1) is 30.3 Å². The molecule has 2 aromatic rings. The van der Waals surface area contributed by atoms with Gasteiger partial charge in [-0.05, 0) is 33.6 Å². The Balaban J connectivity index is 2.03. The fourth-order valence-corrected chi connectivity index (χ4v) is 2.97. The van der Waals surface area contributed by atoms with Crippen molar-refractivity contribution < 1.29 is 9.50 Å². The minimum atomic E-state index is -1.56. The Hall–Kier alpha value is -1.76. The molecule has 0 spiro atoms. The van der Waals surface area contributed by atoms with Gasteiger partial charge in [-0.1, -0.05) is 0 Å². The molecule has 0 aromatic carbocycles. The lowest BCUT2D eigenvalue weighted by Crippen LogP contribution is -2.48. The summed E-state index contributed by atoms with van der Waals surface area (Å²) in [4.78, 5) is 10.6. The second-order valence-corrected chi connectivity index (χ2v) is 7.00. The fraction of sp³-hybridized carbons (Fsp3) is 0.667. The van der Waals surface area contributed by atoms with Crippen LogP contribution in [0.1, 0.15) is 33.6 Å². The first-order valence-corrected chi connectivity index (χ1v) is 7.58. The van der Waals surface area contributed by atoms with E-state index in [1.165, 1.54) is 6.33 Å². The third-order valence-electron chi connectivity index (χ3n) is 4.09. The summed E-state index contributed by atoms with van der Waals surface area (Å²) in [5, 5.41) is 14.5. The maximum Gasteiger partial charge on any atom is 0.163 e. The minimum Gasteiger partial charge on any atom is -0.393 e. The molecule has 1 aliphatic heterocycles. The Morgan fingerprint density at radius 2 is 2.14 bits per heavy atom. The van der Waals surface area contributed by atoms with Gasteiger partial charge in [0.1, 0.15) is 12.1 Å². The standard InChI is InChI=1S/C15H22FN5O/c1-14(2,3)21-13-11(7-19-21)12(17-10-18-13)20-6-4-5-15(16,8-20)9-22/h7,10,22H,4-6,8-9H2,1-3H3. The van der Waals surface area contributed by atoms with Crippen LogP contribution in [0.2, 0.25) is 0 Å². The van der Waals surface area contributed by atoms with Gasteiger partial charge in [0.2, 0.25) is 0 Å². The summed E-state index contributed by atoms with van der Waals surface area (Å²) in [6.45, 7) is 6.58. The average molecular weight is 307 g/mol. The monoisotopic (exact) mass is 307 g/mol. The zero-order valence-corrected chi connectivity index (χ0v) is 13.3. The van der Waals surface area contributed by atoms with E-state index in [-0.39, 0.29) is 12.1 Å². The molecule has 1 saturated heterocycles. The van der Waals surface area contributed by atoms with E-state index in [1.807, 2.05) is 9.58 Å². The van der Waals surface area contributed by atoms with E-state index in [4.69, 9.17) is 0 Å². The van der Waals surface area contributed by atoms with E-state index in [2.05, 4.69) is 35.8 Å². The Morgan fingerprint density at radius 1 is 1.36 bits per heavy atom. The molecule has 1 N–H and O–H groups in total. The number of fused-ring (bicyclic) bond motifs is 1. The number of alkyl halides is 1. The minimum absolute atomic E-state index is 0.149. The largest absolute Gasteiger partial charge is 0.393 e. The van der Waals surface area contributed by atoms with Crippen molar-refractivity contribution >= 4 is 16.9 Å². The molecule has 1 fully saturated rings. The molecule has 22 heavy (non-hydrogen) atoms. The zero-order chi connectivity index (χ0) is 16.0. The maximum absolute atomic E-state index is 14.5. The third kappa shape index (κ3) is 2.54. The van der Waals surface area contributed by atoms with Gasteiger partial charge >= 0.3 is 0 Å². The molecule has 1 atom stereocenters. The van der Waals surface area contributed by atoms with E-state index in [1.54, 1.807) is 6.20 Å². The smallest absolute Gasteiger partial charge is 0.163 e. The number of aliphatic hydroxyl groups is 1. The normalized spacial score (nSPS) is 23.2. The number of nitrogens with zero attached hydrogens (tertiary/aromatic N) is 5. The van der Waals surface area contributed by atoms with Gasteiger partial charge in [-0.3, -0.25) is 0 Å². The molecule has 0 amide bonds. The van der Waals surface area contributed by atoms with Crippen molar-refractivity contribution in [2.24, 2.45) is 0 Å². The summed E-state index contributed by atoms with van der Waals surface area (Å²) in [6.07, 6.45) is 4.31. The van der Waals surface area contributed by atoms with Gasteiger partial charge in [-0.15, -0.1) is 0 Å². The van der Waals surface area contributed by atoms with Crippen molar-refractivity contribution in [2.45, 2.75) is 44.8 Å². The summed E-state index contributed by atoms with van der Waals surface area (Å²) in [5.41, 5.74) is -1.00. The zero-order valence-electron chi connectivity index (χ0n) is 13.3. The highest BCUT2D eigenvalue weighted by Crippen LogP contribution is 2.32. The quantitative estimate of drug-likeness (QED) is 0.917. The van der Waals surface area contributed by atoms with Crippen LogP contribution >= 0.6 is 0 Å². The van der Waals surface area contributed by atoms with Crippen LogP contribution in [-0.4, -0.2) is 50.2 Å². The number of hydrogen-bond donors (Lipinski definition) is 1. The summed E-state index contributed by atoms with van der Waals surface area (Å²) in [5.74, 6) is 0.690. The third-order valence-corrected chi connectivity index (χ3v) is 4.09. The van der Waals surface area contributed by atoms with Crippen molar-refractivity contribution in [3.63, 3.8) is 0 Å². The Kier molecular flexibility index (Phi) is 3.55. The molecule has 7 heteroatoms. The van der Waals surface area contributed by atoms with Crippen LogP contribution < -0.4 is 4.90 Å². The average Bonchev–Trinajstić information content (AvgIpc) is 2.91. The summed E-state index contributed by atoms with van der Waals surface area (Å²) >= 11 is 0. The molecule has 1 unspecified atom stereocenters. The predicted octanol–water partition coefficient (Wildman–Crippen LogP) is 1.88. The number of anilines is 1. The molecule has 0 radical (unpaired) electrons. The first-order chi connectivity index (χ1) is 10.3. The summed E-state index contributed by atoms with van der Waals surface area (Å²) in [7, 11) is 0. The number of aromatic nitrogens is 4. The summed E-state index contributed by atoms with van der Waals surface area (Å²) in [6, 6.07) is 0. The van der Waals surface area contributed by atoms with E-state index >= 15 is 0 Å². The van der Waals surface area contributed by atoms with Crippen molar-refractivity contribution in [1.82, 2.24) is 19.7 Å². The van der Waals surface area contributed by atoms with Crippen molar-refractivity contribution in [2.75, 3.05) is 24.6 Å². The molecule has 0 bridgehead atoms. The molecule has 1 aliphatic rings. The second-order valence-electron chi connectivity index (χ2n) is 7.00. The Morgan fingerprint density at radius 3 is 2.82 bits per heavy atom. The molecule has 0 saturated carbocycles. The highest BCUT2D eigenvalue weighted by Gasteiger charge is 2.36. The maximum atomic E-state index is 14.5. The molecule has 3 heterocycles. The van der Waals surface area contributed by atoms with Gasteiger partial charge in [0.15, 0.2) is 11.3 Å². The van der Waals surface area contributed by atoms with Gasteiger partial charge in [-0.25, -0.2) is 19.0 Å². The van der Waals surface area contributed by atoms with Crippen molar-refractivity contribution in [3.8, 4) is 0 Å². The van der Waals surface area contributed by atoms with Crippen LogP contribution in [0, 0.1) is 0 Å². The van der Waals surface area contributed by atoms with Crippen molar-refractivity contribution in [3.05, 3.63) is 12.5 Å². The summed E-state index contributed by atoms with van der Waals surface area (Å²) < 4.78 is 16.3. The lowest BCUT2D eigenvalue weighted by Gasteiger charge is -2.37. The predicted molar refractivity (Wildman–Crippen MR) is 82.7 cm³/mol. The van der Waals surface area contributed by atoms with Gasteiger partial charge < -0.3 is 10.0 Å². The first-order valence-electron chi connectivity index (χ1n) is 7.58. The molecular weight excluding hydrogens is 285 g/mol. The SMILES string of the molecule is CC(C)(C)n1ncc2c(N3CCCC(F)(CO)C3)ncnc21. The van der Waals surface area contributed by atoms with E-state index in [0.717, 1.165) is 17.6 Å². The Bertz CT molecular complexity index is 680. The van der Waals surface area contributed by atoms with Gasteiger partial charge in [-0.2, -0.15) is 5.10 Å². The molecule has 6 nitrogen and oxygen atoms in total. The molecule has 120 valence electrons. The van der Waals surface area contributed by atoms with Crippen molar-refractivity contribution in [1.29, 1.82) is 0 Å². The number of piperidine rings is 1. The number of rotatable bonds is 2. The van der Waals surface area contributed by atoms with Crippen LogP contribution in [0.25, 0.3) is 11.0 Å². The van der Waals surface area contributed by atoms with Crippen LogP contribution in [0.3, 0.4) is 0 Å². The second kappa shape index (κ2) is 5.15. The van der Waals surface area contributed by atoms with Crippen LogP contribution in [0.15, 0.2) is 12.5 Å². The van der Waals surface area contributed by atoms with E-state index in [9.17, 15) is 9.50 Å². The lowest BCUT2D eigenvalue weighted by atomic mass is 9.95. The fourth-order valence-electron chi connectivity index (χ4n) is 2.97. The van der Waals surface area contributed by atoms with Crippen LogP contribution in [-0.2, 0) is 5.54 Å². The van der Waals surface area contributed by atoms with Crippen LogP contribution in [0.5, 0.6) is 0 Å². The van der Waals surface area contributed by atoms with E-state index < -0.39 is 12.3 Å². The Labute approximate surface area is 129 Å². The molecule has 2 aromatic heterocycles. The number of hydrogen-bond acceptors (Lipinski definition) is 5. The molecule has 0 aliphatic carbocycles. The highest BCUT2D eigenvalue weighted by atomic mass is 19.1.